The highest BCUT2D eigenvalue weighted by molar-refractivity contribution is 6.03. The molecule has 0 saturated carbocycles. The highest BCUT2D eigenvalue weighted by Gasteiger charge is 2.47. The summed E-state index contributed by atoms with van der Waals surface area (Å²) in [6.07, 6.45) is 0.891. The highest BCUT2D eigenvalue weighted by Crippen LogP contribution is 2.44. The summed E-state index contributed by atoms with van der Waals surface area (Å²) in [6, 6.07) is 20.4. The Bertz CT molecular complexity index is 564. The molecule has 2 aromatic carbocycles. The van der Waals surface area contributed by atoms with Gasteiger partial charge in [0.25, 0.3) is 0 Å². The van der Waals surface area contributed by atoms with Gasteiger partial charge in [0.15, 0.2) is 0 Å². The molecule has 1 heterocycles. The van der Waals surface area contributed by atoms with Gasteiger partial charge in [-0.2, -0.15) is 0 Å². The molecule has 19 heavy (non-hydrogen) atoms. The molecule has 2 atom stereocenters. The number of rotatable bonds is 3. The van der Waals surface area contributed by atoms with Crippen LogP contribution in [0.4, 0.5) is 5.69 Å². The molecule has 96 valence electrons. The molecule has 2 aromatic rings. The fourth-order valence-corrected chi connectivity index (χ4v) is 2.85. The molecule has 2 heteroatoms. The van der Waals surface area contributed by atoms with E-state index in [0.717, 1.165) is 12.1 Å². The SMILES string of the molecule is CC[C@@H]1C(=O)N(c2ccccc2)[C@@H]1c1ccccc1. The summed E-state index contributed by atoms with van der Waals surface area (Å²) < 4.78 is 0. The minimum Gasteiger partial charge on any atom is -0.304 e. The number of amides is 1. The molecule has 1 aliphatic heterocycles. The van der Waals surface area contributed by atoms with Gasteiger partial charge in [0, 0.05) is 5.69 Å². The molecule has 2 nitrogen and oxygen atoms in total. The first-order chi connectivity index (χ1) is 9.33. The van der Waals surface area contributed by atoms with Crippen molar-refractivity contribution in [1.82, 2.24) is 0 Å². The number of carbonyl (C=O) groups excluding carboxylic acids is 1. The second kappa shape index (κ2) is 4.88. The minimum atomic E-state index is 0.114. The van der Waals surface area contributed by atoms with Crippen molar-refractivity contribution in [2.45, 2.75) is 19.4 Å². The number of benzene rings is 2. The van der Waals surface area contributed by atoms with Gasteiger partial charge in [-0.15, -0.1) is 0 Å². The van der Waals surface area contributed by atoms with Gasteiger partial charge < -0.3 is 4.90 Å². The van der Waals surface area contributed by atoms with Gasteiger partial charge in [0.2, 0.25) is 5.91 Å². The van der Waals surface area contributed by atoms with Crippen molar-refractivity contribution in [2.24, 2.45) is 5.92 Å². The molecule has 0 bridgehead atoms. The number of β-lactam (4-membered cyclic amide) rings is 1. The molecular formula is C17H17NO. The molecule has 0 aliphatic carbocycles. The number of para-hydroxylation sites is 1. The molecule has 0 N–H and O–H groups in total. The summed E-state index contributed by atoms with van der Waals surface area (Å²) in [5.41, 5.74) is 2.21. The van der Waals surface area contributed by atoms with Crippen LogP contribution in [0, 0.1) is 5.92 Å². The Hall–Kier alpha value is -2.09. The largest absolute Gasteiger partial charge is 0.304 e. The quantitative estimate of drug-likeness (QED) is 0.760. The van der Waals surface area contributed by atoms with Crippen LogP contribution in [0.1, 0.15) is 24.9 Å². The van der Waals surface area contributed by atoms with E-state index in [-0.39, 0.29) is 17.9 Å². The molecule has 0 radical (unpaired) electrons. The fraction of sp³-hybridized carbons (Fsp3) is 0.235. The lowest BCUT2D eigenvalue weighted by molar-refractivity contribution is -0.130. The Labute approximate surface area is 113 Å². The smallest absolute Gasteiger partial charge is 0.233 e. The predicted octanol–water partition coefficient (Wildman–Crippen LogP) is 3.80. The zero-order chi connectivity index (χ0) is 13.2. The van der Waals surface area contributed by atoms with E-state index in [1.54, 1.807) is 0 Å². The second-order valence-electron chi connectivity index (χ2n) is 4.91. The average Bonchev–Trinajstić information content (AvgIpc) is 2.47. The Morgan fingerprint density at radius 2 is 1.53 bits per heavy atom. The Kier molecular flexibility index (Phi) is 3.08. The molecule has 0 spiro atoms. The van der Waals surface area contributed by atoms with Gasteiger partial charge in [-0.1, -0.05) is 55.5 Å². The maximum Gasteiger partial charge on any atom is 0.233 e. The molecular weight excluding hydrogens is 234 g/mol. The zero-order valence-electron chi connectivity index (χ0n) is 11.0. The average molecular weight is 251 g/mol. The van der Waals surface area contributed by atoms with Gasteiger partial charge in [-0.3, -0.25) is 4.79 Å². The van der Waals surface area contributed by atoms with E-state index in [9.17, 15) is 4.79 Å². The first kappa shape index (κ1) is 12.0. The number of anilines is 1. The third-order valence-corrected chi connectivity index (χ3v) is 3.83. The molecule has 1 saturated heterocycles. The maximum atomic E-state index is 12.3. The van der Waals surface area contributed by atoms with Crippen molar-refractivity contribution in [3.05, 3.63) is 66.2 Å². The van der Waals surface area contributed by atoms with E-state index in [4.69, 9.17) is 0 Å². The third-order valence-electron chi connectivity index (χ3n) is 3.83. The second-order valence-corrected chi connectivity index (χ2v) is 4.91. The summed E-state index contributed by atoms with van der Waals surface area (Å²) in [5.74, 6) is 0.352. The summed E-state index contributed by atoms with van der Waals surface area (Å²) in [5, 5.41) is 0. The van der Waals surface area contributed by atoms with E-state index >= 15 is 0 Å². The van der Waals surface area contributed by atoms with Crippen LogP contribution in [-0.4, -0.2) is 5.91 Å². The Morgan fingerprint density at radius 1 is 0.947 bits per heavy atom. The number of carbonyl (C=O) groups is 1. The van der Waals surface area contributed by atoms with Crippen molar-refractivity contribution in [1.29, 1.82) is 0 Å². The predicted molar refractivity (Wildman–Crippen MR) is 76.9 cm³/mol. The van der Waals surface area contributed by atoms with Gasteiger partial charge in [-0.05, 0) is 24.1 Å². The standard InChI is InChI=1S/C17H17NO/c1-2-15-16(13-9-5-3-6-10-13)18(17(15)19)14-11-7-4-8-12-14/h3-12,15-16H,2H2,1H3/t15-,16+/m0/s1. The van der Waals surface area contributed by atoms with Crippen LogP contribution in [0.15, 0.2) is 60.7 Å². The highest BCUT2D eigenvalue weighted by atomic mass is 16.2. The molecule has 1 aliphatic rings. The maximum absolute atomic E-state index is 12.3. The Balaban J connectivity index is 1.98. The summed E-state index contributed by atoms with van der Waals surface area (Å²) in [4.78, 5) is 14.2. The van der Waals surface area contributed by atoms with Gasteiger partial charge >= 0.3 is 0 Å². The monoisotopic (exact) mass is 251 g/mol. The van der Waals surface area contributed by atoms with E-state index in [1.807, 2.05) is 53.4 Å². The van der Waals surface area contributed by atoms with E-state index in [2.05, 4.69) is 19.1 Å². The van der Waals surface area contributed by atoms with Crippen LogP contribution in [0.25, 0.3) is 0 Å². The Morgan fingerprint density at radius 3 is 2.11 bits per heavy atom. The summed E-state index contributed by atoms with van der Waals surface area (Å²) >= 11 is 0. The molecule has 1 fully saturated rings. The van der Waals surface area contributed by atoms with Crippen LogP contribution in [0.5, 0.6) is 0 Å². The van der Waals surface area contributed by atoms with Crippen LogP contribution in [0.2, 0.25) is 0 Å². The summed E-state index contributed by atoms with van der Waals surface area (Å²) in [6.45, 7) is 2.08. The van der Waals surface area contributed by atoms with Gasteiger partial charge in [-0.25, -0.2) is 0 Å². The molecule has 3 rings (SSSR count). The topological polar surface area (TPSA) is 20.3 Å². The lowest BCUT2D eigenvalue weighted by Gasteiger charge is -2.47. The molecule has 0 unspecified atom stereocenters. The number of hydrogen-bond acceptors (Lipinski definition) is 1. The van der Waals surface area contributed by atoms with E-state index < -0.39 is 0 Å². The van der Waals surface area contributed by atoms with Crippen LogP contribution < -0.4 is 4.90 Å². The van der Waals surface area contributed by atoms with Crippen molar-refractivity contribution in [3.8, 4) is 0 Å². The number of nitrogens with zero attached hydrogens (tertiary/aromatic N) is 1. The first-order valence-corrected chi connectivity index (χ1v) is 6.76. The van der Waals surface area contributed by atoms with Gasteiger partial charge in [0.1, 0.15) is 0 Å². The van der Waals surface area contributed by atoms with Crippen LogP contribution in [-0.2, 0) is 4.79 Å². The van der Waals surface area contributed by atoms with Crippen molar-refractivity contribution in [3.63, 3.8) is 0 Å². The van der Waals surface area contributed by atoms with Crippen LogP contribution in [0.3, 0.4) is 0 Å². The summed E-state index contributed by atoms with van der Waals surface area (Å²) in [7, 11) is 0. The zero-order valence-corrected chi connectivity index (χ0v) is 11.0. The number of hydrogen-bond donors (Lipinski definition) is 0. The lowest BCUT2D eigenvalue weighted by Crippen LogP contribution is -2.55. The fourth-order valence-electron chi connectivity index (χ4n) is 2.85. The van der Waals surface area contributed by atoms with Gasteiger partial charge in [0.05, 0.1) is 12.0 Å². The normalized spacial score (nSPS) is 22.2. The minimum absolute atomic E-state index is 0.114. The van der Waals surface area contributed by atoms with Crippen molar-refractivity contribution >= 4 is 11.6 Å². The molecule has 1 amide bonds. The van der Waals surface area contributed by atoms with E-state index in [1.165, 1.54) is 5.56 Å². The van der Waals surface area contributed by atoms with E-state index in [0.29, 0.717) is 0 Å². The first-order valence-electron chi connectivity index (χ1n) is 6.76. The third kappa shape index (κ3) is 1.93. The van der Waals surface area contributed by atoms with Crippen molar-refractivity contribution < 1.29 is 4.79 Å². The van der Waals surface area contributed by atoms with Crippen LogP contribution >= 0.6 is 0 Å². The lowest BCUT2D eigenvalue weighted by atomic mass is 9.80. The van der Waals surface area contributed by atoms with Crippen molar-refractivity contribution in [2.75, 3.05) is 4.90 Å². The molecule has 0 aromatic heterocycles.